The van der Waals surface area contributed by atoms with Gasteiger partial charge in [0, 0.05) is 19.6 Å². The van der Waals surface area contributed by atoms with E-state index in [0.717, 1.165) is 24.9 Å². The molecule has 0 saturated carbocycles. The largest absolute Gasteiger partial charge is 0.316 e. The van der Waals surface area contributed by atoms with Crippen LogP contribution in [0.2, 0.25) is 0 Å². The molecule has 0 aromatic carbocycles. The van der Waals surface area contributed by atoms with Crippen LogP contribution >= 0.6 is 0 Å². The maximum absolute atomic E-state index is 3.64. The number of rotatable bonds is 10. The van der Waals surface area contributed by atoms with E-state index in [2.05, 4.69) is 58.8 Å². The number of nitrogens with zero attached hydrogens (tertiary/aromatic N) is 1. The average Bonchev–Trinajstić information content (AvgIpc) is 2.14. The van der Waals surface area contributed by atoms with Gasteiger partial charge in [-0.1, -0.05) is 48.0 Å². The Bertz CT molecular complexity index is 201. The molecule has 0 aromatic heterocycles. The van der Waals surface area contributed by atoms with Gasteiger partial charge in [0.15, 0.2) is 0 Å². The molecule has 0 amide bonds. The summed E-state index contributed by atoms with van der Waals surface area (Å²) in [5.74, 6) is 1.49. The Morgan fingerprint density at radius 3 is 2.17 bits per heavy atom. The molecule has 0 radical (unpaired) electrons. The normalized spacial score (nSPS) is 15.7. The summed E-state index contributed by atoms with van der Waals surface area (Å²) in [6.07, 6.45) is 2.58. The van der Waals surface area contributed by atoms with Gasteiger partial charge in [0.1, 0.15) is 0 Å². The van der Waals surface area contributed by atoms with Crippen molar-refractivity contribution in [1.29, 1.82) is 0 Å². The third-order valence-electron chi connectivity index (χ3n) is 3.29. The molecule has 0 heterocycles. The molecule has 0 fully saturated rings. The Labute approximate surface area is 116 Å². The Kier molecular flexibility index (Phi) is 8.89. The van der Waals surface area contributed by atoms with Crippen molar-refractivity contribution in [1.82, 2.24) is 10.2 Å². The van der Waals surface area contributed by atoms with E-state index in [1.807, 2.05) is 0 Å². The molecule has 0 aliphatic heterocycles. The van der Waals surface area contributed by atoms with Gasteiger partial charge in [0.25, 0.3) is 0 Å². The Hall–Kier alpha value is -0.0800. The molecule has 1 atom stereocenters. The first kappa shape index (κ1) is 17.9. The van der Waals surface area contributed by atoms with Gasteiger partial charge in [0.05, 0.1) is 0 Å². The van der Waals surface area contributed by atoms with Gasteiger partial charge in [-0.25, -0.2) is 0 Å². The van der Waals surface area contributed by atoms with E-state index in [-0.39, 0.29) is 0 Å². The van der Waals surface area contributed by atoms with Gasteiger partial charge in [-0.2, -0.15) is 0 Å². The molecule has 0 aliphatic carbocycles. The predicted octanol–water partition coefficient (Wildman–Crippen LogP) is 3.63. The molecule has 2 nitrogen and oxygen atoms in total. The quantitative estimate of drug-likeness (QED) is 0.642. The third-order valence-corrected chi connectivity index (χ3v) is 3.29. The molecule has 0 aliphatic rings. The maximum atomic E-state index is 3.64. The van der Waals surface area contributed by atoms with E-state index in [1.54, 1.807) is 0 Å². The van der Waals surface area contributed by atoms with Crippen LogP contribution in [0, 0.1) is 17.3 Å². The highest BCUT2D eigenvalue weighted by Crippen LogP contribution is 2.24. The monoisotopic (exact) mass is 256 g/mol. The second-order valence-electron chi connectivity index (χ2n) is 7.18. The molecule has 1 unspecified atom stereocenters. The predicted molar refractivity (Wildman–Crippen MR) is 83.1 cm³/mol. The molecule has 0 saturated heterocycles. The summed E-state index contributed by atoms with van der Waals surface area (Å²) in [5.41, 5.74) is 0.410. The Morgan fingerprint density at radius 2 is 1.72 bits per heavy atom. The van der Waals surface area contributed by atoms with Crippen LogP contribution in [0.5, 0.6) is 0 Å². The summed E-state index contributed by atoms with van der Waals surface area (Å²) < 4.78 is 0. The maximum Gasteiger partial charge on any atom is 0.00445 e. The minimum Gasteiger partial charge on any atom is -0.316 e. The van der Waals surface area contributed by atoms with E-state index in [4.69, 9.17) is 0 Å². The summed E-state index contributed by atoms with van der Waals surface area (Å²) in [7, 11) is 2.26. The minimum absolute atomic E-state index is 0.410. The molecule has 0 spiro atoms. The van der Waals surface area contributed by atoms with Crippen molar-refractivity contribution in [2.45, 2.75) is 54.4 Å². The van der Waals surface area contributed by atoms with Crippen LogP contribution in [0.15, 0.2) is 0 Å². The minimum atomic E-state index is 0.410. The molecule has 110 valence electrons. The lowest BCUT2D eigenvalue weighted by Gasteiger charge is -2.35. The van der Waals surface area contributed by atoms with Crippen molar-refractivity contribution in [3.8, 4) is 0 Å². The van der Waals surface area contributed by atoms with Crippen molar-refractivity contribution in [3.63, 3.8) is 0 Å². The molecule has 2 heteroatoms. The lowest BCUT2D eigenvalue weighted by atomic mass is 9.84. The smallest absolute Gasteiger partial charge is 0.00445 e. The van der Waals surface area contributed by atoms with Gasteiger partial charge in [-0.3, -0.25) is 0 Å². The molecule has 0 aromatic rings. The van der Waals surface area contributed by atoms with E-state index in [0.29, 0.717) is 5.41 Å². The van der Waals surface area contributed by atoms with Crippen LogP contribution in [0.3, 0.4) is 0 Å². The summed E-state index contributed by atoms with van der Waals surface area (Å²) >= 11 is 0. The van der Waals surface area contributed by atoms with Gasteiger partial charge >= 0.3 is 0 Å². The second kappa shape index (κ2) is 8.92. The highest BCUT2D eigenvalue weighted by molar-refractivity contribution is 4.80. The van der Waals surface area contributed by atoms with E-state index in [9.17, 15) is 0 Å². The zero-order valence-electron chi connectivity index (χ0n) is 13.8. The summed E-state index contributed by atoms with van der Waals surface area (Å²) in [5, 5.41) is 3.64. The van der Waals surface area contributed by atoms with Crippen LogP contribution in [-0.4, -0.2) is 38.1 Å². The van der Waals surface area contributed by atoms with Crippen molar-refractivity contribution < 1.29 is 0 Å². The summed E-state index contributed by atoms with van der Waals surface area (Å²) in [6.45, 7) is 18.5. The Balaban J connectivity index is 4.22. The lowest BCUT2D eigenvalue weighted by Crippen LogP contribution is -2.42. The van der Waals surface area contributed by atoms with E-state index >= 15 is 0 Å². The zero-order chi connectivity index (χ0) is 14.2. The van der Waals surface area contributed by atoms with Gasteiger partial charge in [-0.05, 0) is 37.3 Å². The number of hydrogen-bond donors (Lipinski definition) is 1. The topological polar surface area (TPSA) is 15.3 Å². The first-order valence-electron chi connectivity index (χ1n) is 7.68. The highest BCUT2D eigenvalue weighted by Gasteiger charge is 2.25. The van der Waals surface area contributed by atoms with Crippen molar-refractivity contribution in [2.75, 3.05) is 33.2 Å². The number of nitrogens with one attached hydrogen (secondary N) is 1. The molecular weight excluding hydrogens is 220 g/mol. The van der Waals surface area contributed by atoms with Crippen LogP contribution in [-0.2, 0) is 0 Å². The molecule has 1 N–H and O–H groups in total. The fourth-order valence-electron chi connectivity index (χ4n) is 2.83. The van der Waals surface area contributed by atoms with Gasteiger partial charge in [0.2, 0.25) is 0 Å². The molecule has 0 bridgehead atoms. The SMILES string of the molecule is CCCC(C)(CNCC(C)C)CN(C)CC(C)C. The standard InChI is InChI=1S/C16H36N2/c1-8-9-16(6,12-17-10-14(2)3)13-18(7)11-15(4)5/h14-15,17H,8-13H2,1-7H3. The third kappa shape index (κ3) is 8.93. The molecule has 18 heavy (non-hydrogen) atoms. The van der Waals surface area contributed by atoms with Crippen LogP contribution < -0.4 is 5.32 Å². The highest BCUT2D eigenvalue weighted by atomic mass is 15.1. The van der Waals surface area contributed by atoms with Gasteiger partial charge in [-0.15, -0.1) is 0 Å². The fourth-order valence-corrected chi connectivity index (χ4v) is 2.83. The van der Waals surface area contributed by atoms with Crippen LogP contribution in [0.1, 0.15) is 54.4 Å². The van der Waals surface area contributed by atoms with Gasteiger partial charge < -0.3 is 10.2 Å². The average molecular weight is 256 g/mol. The van der Waals surface area contributed by atoms with Crippen LogP contribution in [0.4, 0.5) is 0 Å². The zero-order valence-corrected chi connectivity index (χ0v) is 13.8. The van der Waals surface area contributed by atoms with Crippen molar-refractivity contribution >= 4 is 0 Å². The van der Waals surface area contributed by atoms with Crippen molar-refractivity contribution in [3.05, 3.63) is 0 Å². The fraction of sp³-hybridized carbons (Fsp3) is 1.00. The first-order chi connectivity index (χ1) is 8.29. The second-order valence-corrected chi connectivity index (χ2v) is 7.18. The van der Waals surface area contributed by atoms with E-state index < -0.39 is 0 Å². The summed E-state index contributed by atoms with van der Waals surface area (Å²) in [6, 6.07) is 0. The Morgan fingerprint density at radius 1 is 1.11 bits per heavy atom. The van der Waals surface area contributed by atoms with Crippen molar-refractivity contribution in [2.24, 2.45) is 17.3 Å². The molecule has 0 rings (SSSR count). The van der Waals surface area contributed by atoms with Crippen LogP contribution in [0.25, 0.3) is 0 Å². The first-order valence-corrected chi connectivity index (χ1v) is 7.68. The number of hydrogen-bond acceptors (Lipinski definition) is 2. The summed E-state index contributed by atoms with van der Waals surface area (Å²) in [4.78, 5) is 2.50. The lowest BCUT2D eigenvalue weighted by molar-refractivity contribution is 0.161. The van der Waals surface area contributed by atoms with E-state index in [1.165, 1.54) is 25.9 Å². The molecular formula is C16H36N2.